The Morgan fingerprint density at radius 1 is 1.25 bits per heavy atom. The lowest BCUT2D eigenvalue weighted by Crippen LogP contribution is -2.40. The number of amides is 1. The minimum absolute atomic E-state index is 0.0378. The van der Waals surface area contributed by atoms with E-state index in [9.17, 15) is 19.3 Å². The Morgan fingerprint density at radius 3 is 2.54 bits per heavy atom. The number of rotatable bonds is 6. The minimum atomic E-state index is -0.846. The summed E-state index contributed by atoms with van der Waals surface area (Å²) in [5.74, 6) is -0.290. The molecule has 0 aromatic heterocycles. The number of nitrogens with zero attached hydrogens (tertiary/aromatic N) is 2. The number of methoxy groups -OCH3 is 1. The van der Waals surface area contributed by atoms with Crippen molar-refractivity contribution in [3.63, 3.8) is 0 Å². The van der Waals surface area contributed by atoms with E-state index in [1.807, 2.05) is 24.3 Å². The summed E-state index contributed by atoms with van der Waals surface area (Å²) in [5.41, 5.74) is 0.731. The molecule has 1 saturated heterocycles. The Morgan fingerprint density at radius 2 is 1.93 bits per heavy atom. The van der Waals surface area contributed by atoms with Gasteiger partial charge >= 0.3 is 5.69 Å². The summed E-state index contributed by atoms with van der Waals surface area (Å²) >= 11 is 0. The number of hydrogen-bond acceptors (Lipinski definition) is 5. The summed E-state index contributed by atoms with van der Waals surface area (Å²) in [6, 6.07) is 11.6. The van der Waals surface area contributed by atoms with Crippen molar-refractivity contribution in [2.75, 3.05) is 25.1 Å². The van der Waals surface area contributed by atoms with Gasteiger partial charge in [-0.05, 0) is 42.7 Å². The van der Waals surface area contributed by atoms with Crippen LogP contribution in [0.2, 0.25) is 0 Å². The van der Waals surface area contributed by atoms with Gasteiger partial charge in [-0.3, -0.25) is 14.9 Å². The Bertz CT molecular complexity index is 849. The molecule has 8 heteroatoms. The quantitative estimate of drug-likeness (QED) is 0.607. The molecule has 1 N–H and O–H groups in total. The molecule has 28 heavy (non-hydrogen) atoms. The zero-order valence-electron chi connectivity index (χ0n) is 15.6. The van der Waals surface area contributed by atoms with Crippen LogP contribution in [-0.4, -0.2) is 31.0 Å². The SMILES string of the molecule is COc1ccc(CNC(=O)C2CCN(c3cccc(F)c3[N+](=O)[O-])CC2)cc1. The first-order valence-corrected chi connectivity index (χ1v) is 9.08. The molecule has 7 nitrogen and oxygen atoms in total. The van der Waals surface area contributed by atoms with Gasteiger partial charge in [0.25, 0.3) is 0 Å². The summed E-state index contributed by atoms with van der Waals surface area (Å²) in [7, 11) is 1.60. The first-order chi connectivity index (χ1) is 13.5. The summed E-state index contributed by atoms with van der Waals surface area (Å²) < 4.78 is 18.9. The van der Waals surface area contributed by atoms with E-state index < -0.39 is 16.4 Å². The average Bonchev–Trinajstić information content (AvgIpc) is 2.72. The van der Waals surface area contributed by atoms with Crippen molar-refractivity contribution >= 4 is 17.3 Å². The molecule has 0 bridgehead atoms. The van der Waals surface area contributed by atoms with Crippen molar-refractivity contribution in [3.05, 3.63) is 64.0 Å². The number of hydrogen-bond donors (Lipinski definition) is 1. The van der Waals surface area contributed by atoms with Crippen LogP contribution >= 0.6 is 0 Å². The summed E-state index contributed by atoms with van der Waals surface area (Å²) in [5, 5.41) is 14.1. The Kier molecular flexibility index (Phi) is 6.08. The number of ether oxygens (including phenoxy) is 1. The number of halogens is 1. The number of nitro benzene ring substituents is 1. The highest BCUT2D eigenvalue weighted by molar-refractivity contribution is 5.79. The molecule has 1 aliphatic rings. The molecule has 1 amide bonds. The monoisotopic (exact) mass is 387 g/mol. The highest BCUT2D eigenvalue weighted by Gasteiger charge is 2.29. The molecule has 1 aliphatic heterocycles. The number of para-hydroxylation sites is 1. The molecule has 2 aromatic rings. The van der Waals surface area contributed by atoms with E-state index in [0.29, 0.717) is 32.5 Å². The number of carbonyl (C=O) groups excluding carboxylic acids is 1. The fraction of sp³-hybridized carbons (Fsp3) is 0.350. The zero-order valence-corrected chi connectivity index (χ0v) is 15.6. The standard InChI is InChI=1S/C20H22FN3O4/c1-28-16-7-5-14(6-8-16)13-22-20(25)15-9-11-23(12-10-15)18-4-2-3-17(21)19(18)24(26)27/h2-8,15H,9-13H2,1H3,(H,22,25). The maximum absolute atomic E-state index is 13.8. The molecular weight excluding hydrogens is 365 g/mol. The lowest BCUT2D eigenvalue weighted by Gasteiger charge is -2.32. The van der Waals surface area contributed by atoms with Gasteiger partial charge in [-0.15, -0.1) is 0 Å². The van der Waals surface area contributed by atoms with Gasteiger partial charge in [0.1, 0.15) is 11.4 Å². The van der Waals surface area contributed by atoms with Crippen LogP contribution in [-0.2, 0) is 11.3 Å². The molecule has 0 saturated carbocycles. The second-order valence-corrected chi connectivity index (χ2v) is 6.69. The average molecular weight is 387 g/mol. The number of nitro groups is 1. The summed E-state index contributed by atoms with van der Waals surface area (Å²) in [6.45, 7) is 1.36. The normalized spacial score (nSPS) is 14.6. The van der Waals surface area contributed by atoms with Crippen molar-refractivity contribution in [1.82, 2.24) is 5.32 Å². The predicted octanol–water partition coefficient (Wildman–Crippen LogP) is 3.28. The lowest BCUT2D eigenvalue weighted by atomic mass is 9.95. The van der Waals surface area contributed by atoms with E-state index in [1.54, 1.807) is 18.1 Å². The van der Waals surface area contributed by atoms with Crippen LogP contribution in [0.4, 0.5) is 15.8 Å². The Hall–Kier alpha value is -3.16. The largest absolute Gasteiger partial charge is 0.497 e. The van der Waals surface area contributed by atoms with Gasteiger partial charge in [-0.1, -0.05) is 18.2 Å². The van der Waals surface area contributed by atoms with Crippen molar-refractivity contribution in [2.24, 2.45) is 5.92 Å². The van der Waals surface area contributed by atoms with Crippen LogP contribution in [0.1, 0.15) is 18.4 Å². The van der Waals surface area contributed by atoms with Crippen molar-refractivity contribution < 1.29 is 18.8 Å². The highest BCUT2D eigenvalue weighted by Crippen LogP contribution is 2.33. The van der Waals surface area contributed by atoms with Gasteiger partial charge in [-0.25, -0.2) is 0 Å². The molecule has 0 aliphatic carbocycles. The summed E-state index contributed by atoms with van der Waals surface area (Å²) in [6.07, 6.45) is 1.12. The molecule has 0 atom stereocenters. The number of carbonyl (C=O) groups is 1. The molecule has 0 spiro atoms. The first-order valence-electron chi connectivity index (χ1n) is 9.08. The third-order valence-electron chi connectivity index (χ3n) is 4.98. The third-order valence-corrected chi connectivity index (χ3v) is 4.98. The van der Waals surface area contributed by atoms with E-state index in [1.165, 1.54) is 6.07 Å². The van der Waals surface area contributed by atoms with Gasteiger partial charge in [0.05, 0.1) is 12.0 Å². The molecular formula is C20H22FN3O4. The van der Waals surface area contributed by atoms with E-state index in [2.05, 4.69) is 5.32 Å². The van der Waals surface area contributed by atoms with Crippen molar-refractivity contribution in [2.45, 2.75) is 19.4 Å². The molecule has 3 rings (SSSR count). The highest BCUT2D eigenvalue weighted by atomic mass is 19.1. The maximum atomic E-state index is 13.8. The van der Waals surface area contributed by atoms with Gasteiger partial charge in [0.2, 0.25) is 11.7 Å². The van der Waals surface area contributed by atoms with E-state index in [-0.39, 0.29) is 17.5 Å². The third kappa shape index (κ3) is 4.39. The van der Waals surface area contributed by atoms with Crippen LogP contribution in [0.3, 0.4) is 0 Å². The minimum Gasteiger partial charge on any atom is -0.497 e. The molecule has 148 valence electrons. The molecule has 1 fully saturated rings. The molecule has 2 aromatic carbocycles. The van der Waals surface area contributed by atoms with Crippen LogP contribution in [0.5, 0.6) is 5.75 Å². The van der Waals surface area contributed by atoms with Gasteiger partial charge in [0, 0.05) is 25.6 Å². The second kappa shape index (κ2) is 8.69. The second-order valence-electron chi connectivity index (χ2n) is 6.69. The number of nitrogens with one attached hydrogen (secondary N) is 1. The molecule has 1 heterocycles. The van der Waals surface area contributed by atoms with Gasteiger partial charge in [0.15, 0.2) is 0 Å². The Labute approximate surface area is 162 Å². The maximum Gasteiger partial charge on any atom is 0.327 e. The van der Waals surface area contributed by atoms with E-state index in [0.717, 1.165) is 17.4 Å². The predicted molar refractivity (Wildman–Crippen MR) is 103 cm³/mol. The topological polar surface area (TPSA) is 84.7 Å². The zero-order chi connectivity index (χ0) is 20.1. The molecule has 0 unspecified atom stereocenters. The van der Waals surface area contributed by atoms with Gasteiger partial charge in [-0.2, -0.15) is 4.39 Å². The number of benzene rings is 2. The van der Waals surface area contributed by atoms with E-state index >= 15 is 0 Å². The fourth-order valence-corrected chi connectivity index (χ4v) is 3.40. The molecule has 0 radical (unpaired) electrons. The van der Waals surface area contributed by atoms with Crippen LogP contribution in [0, 0.1) is 21.8 Å². The van der Waals surface area contributed by atoms with E-state index in [4.69, 9.17) is 4.74 Å². The first kappa shape index (κ1) is 19.6. The van der Waals surface area contributed by atoms with Crippen LogP contribution < -0.4 is 15.0 Å². The van der Waals surface area contributed by atoms with Crippen molar-refractivity contribution in [1.29, 1.82) is 0 Å². The van der Waals surface area contributed by atoms with Crippen molar-refractivity contribution in [3.8, 4) is 5.75 Å². The number of anilines is 1. The van der Waals surface area contributed by atoms with Crippen LogP contribution in [0.15, 0.2) is 42.5 Å². The fourth-order valence-electron chi connectivity index (χ4n) is 3.40. The lowest BCUT2D eigenvalue weighted by molar-refractivity contribution is -0.386. The Balaban J connectivity index is 1.55. The summed E-state index contributed by atoms with van der Waals surface area (Å²) in [4.78, 5) is 24.7. The van der Waals surface area contributed by atoms with Gasteiger partial charge < -0.3 is 15.0 Å². The smallest absolute Gasteiger partial charge is 0.327 e. The number of piperidine rings is 1. The van der Waals surface area contributed by atoms with Crippen LogP contribution in [0.25, 0.3) is 0 Å².